The summed E-state index contributed by atoms with van der Waals surface area (Å²) in [5.74, 6) is -2.59. The molecule has 0 bridgehead atoms. The second-order valence-electron chi connectivity index (χ2n) is 11.7. The van der Waals surface area contributed by atoms with Gasteiger partial charge in [0.2, 0.25) is 5.91 Å². The number of nitrogens with zero attached hydrogens (tertiary/aromatic N) is 4. The molecule has 0 aliphatic carbocycles. The lowest BCUT2D eigenvalue weighted by molar-refractivity contribution is -0.384. The van der Waals surface area contributed by atoms with E-state index in [9.17, 15) is 28.5 Å². The summed E-state index contributed by atoms with van der Waals surface area (Å²) in [6.07, 6.45) is 3.90. The predicted molar refractivity (Wildman–Crippen MR) is 175 cm³/mol. The van der Waals surface area contributed by atoms with Crippen molar-refractivity contribution in [3.8, 4) is 0 Å². The number of imidazole rings is 1. The fourth-order valence-electron chi connectivity index (χ4n) is 5.58. The average Bonchev–Trinajstić information content (AvgIpc) is 3.48. The van der Waals surface area contributed by atoms with Gasteiger partial charge in [-0.05, 0) is 39.9 Å². The fourth-order valence-corrected chi connectivity index (χ4v) is 5.58. The minimum Gasteiger partial charge on any atom is -0.351 e. The molecule has 0 spiro atoms. The van der Waals surface area contributed by atoms with Crippen LogP contribution in [0.25, 0.3) is 10.8 Å². The van der Waals surface area contributed by atoms with E-state index in [1.54, 1.807) is 29.2 Å². The zero-order valence-electron chi connectivity index (χ0n) is 26.1. The lowest BCUT2D eigenvalue weighted by Crippen LogP contribution is -2.49. The first-order chi connectivity index (χ1) is 22.6. The summed E-state index contributed by atoms with van der Waals surface area (Å²) in [4.78, 5) is 43.6. The van der Waals surface area contributed by atoms with Gasteiger partial charge in [0.1, 0.15) is 11.6 Å². The third kappa shape index (κ3) is 8.23. The van der Waals surface area contributed by atoms with Crippen LogP contribution in [0.3, 0.4) is 0 Å². The van der Waals surface area contributed by atoms with Crippen LogP contribution in [0.5, 0.6) is 0 Å². The SMILES string of the molecule is CC[C@H](C)[C@@H](CN(Cc1cccc2ccccc12)C(=O)c1cc(F)cc(F)c1)NC(=O)Cc1cncn1Cc1ccc([N+](=O)[O-])cc1. The number of halogens is 2. The van der Waals surface area contributed by atoms with Crippen molar-refractivity contribution in [2.45, 2.75) is 45.8 Å². The molecule has 1 aromatic heterocycles. The summed E-state index contributed by atoms with van der Waals surface area (Å²) in [6.45, 7) is 4.59. The van der Waals surface area contributed by atoms with Gasteiger partial charge >= 0.3 is 0 Å². The van der Waals surface area contributed by atoms with Crippen molar-refractivity contribution in [3.63, 3.8) is 0 Å². The van der Waals surface area contributed by atoms with Gasteiger partial charge in [-0.25, -0.2) is 13.8 Å². The number of rotatable bonds is 13. The third-order valence-corrected chi connectivity index (χ3v) is 8.37. The minimum atomic E-state index is -0.851. The molecule has 2 amide bonds. The van der Waals surface area contributed by atoms with E-state index < -0.39 is 28.5 Å². The molecule has 5 aromatic rings. The standard InChI is InChI=1S/C36H35F2N5O4/c1-3-24(2)34(40-35(44)18-32-19-39-23-42(32)20-25-11-13-31(14-12-25)43(46)47)22-41(36(45)28-15-29(37)17-30(38)16-28)21-27-9-6-8-26-7-4-5-10-33(26)27/h4-17,19,23-24,34H,3,18,20-22H2,1-2H3,(H,40,44)/t24-,34+/m0/s1. The highest BCUT2D eigenvalue weighted by Gasteiger charge is 2.27. The van der Waals surface area contributed by atoms with E-state index >= 15 is 0 Å². The van der Waals surface area contributed by atoms with E-state index in [4.69, 9.17) is 0 Å². The number of aromatic nitrogens is 2. The van der Waals surface area contributed by atoms with Crippen molar-refractivity contribution in [1.82, 2.24) is 19.8 Å². The van der Waals surface area contributed by atoms with Gasteiger partial charge in [0, 0.05) is 61.3 Å². The number of nitrogens with one attached hydrogen (secondary N) is 1. The highest BCUT2D eigenvalue weighted by molar-refractivity contribution is 5.95. The van der Waals surface area contributed by atoms with Gasteiger partial charge in [-0.2, -0.15) is 0 Å². The minimum absolute atomic E-state index is 0.00624. The molecule has 0 radical (unpaired) electrons. The van der Waals surface area contributed by atoms with E-state index in [0.29, 0.717) is 18.7 Å². The fraction of sp³-hybridized carbons (Fsp3) is 0.250. The van der Waals surface area contributed by atoms with Crippen LogP contribution in [0.15, 0.2) is 97.5 Å². The third-order valence-electron chi connectivity index (χ3n) is 8.37. The van der Waals surface area contributed by atoms with E-state index in [1.807, 2.05) is 56.3 Å². The Morgan fingerprint density at radius 1 is 1.00 bits per heavy atom. The molecule has 0 fully saturated rings. The predicted octanol–water partition coefficient (Wildman–Crippen LogP) is 6.69. The second kappa shape index (κ2) is 14.8. The van der Waals surface area contributed by atoms with Crippen LogP contribution in [-0.4, -0.2) is 43.8 Å². The van der Waals surface area contributed by atoms with E-state index in [1.165, 1.54) is 17.0 Å². The molecule has 0 unspecified atom stereocenters. The molecule has 0 aliphatic rings. The number of amides is 2. The van der Waals surface area contributed by atoms with Crippen molar-refractivity contribution < 1.29 is 23.3 Å². The van der Waals surface area contributed by atoms with Gasteiger partial charge in [0.25, 0.3) is 11.6 Å². The summed E-state index contributed by atoms with van der Waals surface area (Å²) in [5.41, 5.74) is 2.18. The Labute approximate surface area is 271 Å². The lowest BCUT2D eigenvalue weighted by Gasteiger charge is -2.32. The smallest absolute Gasteiger partial charge is 0.269 e. The molecule has 4 aromatic carbocycles. The normalized spacial score (nSPS) is 12.4. The maximum Gasteiger partial charge on any atom is 0.269 e. The monoisotopic (exact) mass is 639 g/mol. The van der Waals surface area contributed by atoms with Gasteiger partial charge < -0.3 is 14.8 Å². The van der Waals surface area contributed by atoms with Crippen LogP contribution >= 0.6 is 0 Å². The Bertz CT molecular complexity index is 1870. The highest BCUT2D eigenvalue weighted by atomic mass is 19.1. The zero-order chi connectivity index (χ0) is 33.5. The molecule has 0 saturated carbocycles. The number of hydrogen-bond donors (Lipinski definition) is 1. The number of non-ortho nitro benzene ring substituents is 1. The Balaban J connectivity index is 1.37. The number of nitro groups is 1. The number of benzene rings is 4. The first-order valence-corrected chi connectivity index (χ1v) is 15.3. The molecule has 2 atom stereocenters. The number of hydrogen-bond acceptors (Lipinski definition) is 5. The van der Waals surface area contributed by atoms with Gasteiger partial charge in [0.15, 0.2) is 0 Å². The summed E-state index contributed by atoms with van der Waals surface area (Å²) in [6, 6.07) is 22.0. The van der Waals surface area contributed by atoms with Crippen molar-refractivity contribution in [2.24, 2.45) is 5.92 Å². The highest BCUT2D eigenvalue weighted by Crippen LogP contribution is 2.23. The molecule has 0 saturated heterocycles. The Morgan fingerprint density at radius 2 is 1.70 bits per heavy atom. The van der Waals surface area contributed by atoms with Gasteiger partial charge in [0.05, 0.1) is 17.7 Å². The van der Waals surface area contributed by atoms with Gasteiger partial charge in [-0.3, -0.25) is 19.7 Å². The number of nitro benzene ring substituents is 1. The average molecular weight is 640 g/mol. The molecule has 11 heteroatoms. The van der Waals surface area contributed by atoms with E-state index in [0.717, 1.165) is 40.1 Å². The van der Waals surface area contributed by atoms with Crippen LogP contribution in [0.4, 0.5) is 14.5 Å². The molecule has 0 aliphatic heterocycles. The lowest BCUT2D eigenvalue weighted by atomic mass is 9.97. The quantitative estimate of drug-likeness (QED) is 0.114. The Hall–Kier alpha value is -5.45. The maximum absolute atomic E-state index is 14.2. The van der Waals surface area contributed by atoms with Crippen LogP contribution < -0.4 is 5.32 Å². The van der Waals surface area contributed by atoms with Crippen molar-refractivity contribution in [3.05, 3.63) is 142 Å². The first-order valence-electron chi connectivity index (χ1n) is 15.3. The van der Waals surface area contributed by atoms with Crippen LogP contribution in [0.1, 0.15) is 47.4 Å². The van der Waals surface area contributed by atoms with Gasteiger partial charge in [-0.15, -0.1) is 0 Å². The van der Waals surface area contributed by atoms with Gasteiger partial charge in [-0.1, -0.05) is 74.9 Å². The number of carbonyl (C=O) groups is 2. The summed E-state index contributed by atoms with van der Waals surface area (Å²) < 4.78 is 30.2. The molecule has 9 nitrogen and oxygen atoms in total. The Kier molecular flexibility index (Phi) is 10.3. The van der Waals surface area contributed by atoms with Crippen molar-refractivity contribution in [2.75, 3.05) is 6.54 Å². The topological polar surface area (TPSA) is 110 Å². The number of carbonyl (C=O) groups excluding carboxylic acids is 2. The molecular weight excluding hydrogens is 604 g/mol. The van der Waals surface area contributed by atoms with Crippen molar-refractivity contribution in [1.29, 1.82) is 0 Å². The molecule has 242 valence electrons. The first kappa shape index (κ1) is 32.9. The maximum atomic E-state index is 14.2. The number of fused-ring (bicyclic) bond motifs is 1. The van der Waals surface area contributed by atoms with E-state index in [-0.39, 0.29) is 42.6 Å². The van der Waals surface area contributed by atoms with Crippen molar-refractivity contribution >= 4 is 28.3 Å². The molecule has 5 rings (SSSR count). The molecule has 47 heavy (non-hydrogen) atoms. The Morgan fingerprint density at radius 3 is 2.40 bits per heavy atom. The van der Waals surface area contributed by atoms with E-state index in [2.05, 4.69) is 10.3 Å². The zero-order valence-corrected chi connectivity index (χ0v) is 26.1. The summed E-state index contributed by atoms with van der Waals surface area (Å²) in [7, 11) is 0. The summed E-state index contributed by atoms with van der Waals surface area (Å²) in [5, 5.41) is 16.0. The largest absolute Gasteiger partial charge is 0.351 e. The second-order valence-corrected chi connectivity index (χ2v) is 11.7. The van der Waals surface area contributed by atoms with Crippen LogP contribution in [0, 0.1) is 27.7 Å². The molecule has 1 heterocycles. The molecule has 1 N–H and O–H groups in total. The van der Waals surface area contributed by atoms with Crippen LogP contribution in [0.2, 0.25) is 0 Å². The van der Waals surface area contributed by atoms with Crippen LogP contribution in [-0.2, 0) is 24.3 Å². The molecular formula is C36H35F2N5O4. The summed E-state index contributed by atoms with van der Waals surface area (Å²) >= 11 is 0.